The Morgan fingerprint density at radius 3 is 2.46 bits per heavy atom. The number of nitrogens with one attached hydrogen (secondary N) is 1. The van der Waals surface area contributed by atoms with E-state index in [1.165, 1.54) is 0 Å². The van der Waals surface area contributed by atoms with Crippen LogP contribution in [0.5, 0.6) is 5.75 Å². The molecule has 2 aromatic carbocycles. The molecule has 0 spiro atoms. The van der Waals surface area contributed by atoms with E-state index in [0.29, 0.717) is 37.6 Å². The summed E-state index contributed by atoms with van der Waals surface area (Å²) in [6.45, 7) is 4.91. The van der Waals surface area contributed by atoms with Crippen LogP contribution in [0.1, 0.15) is 11.4 Å². The fourth-order valence-corrected chi connectivity index (χ4v) is 4.86. The maximum absolute atomic E-state index is 12.8. The number of rotatable bonds is 5. The van der Waals surface area contributed by atoms with Crippen LogP contribution in [-0.2, 0) is 16.6 Å². The van der Waals surface area contributed by atoms with E-state index >= 15 is 0 Å². The number of aromatic nitrogens is 2. The Morgan fingerprint density at radius 1 is 1.07 bits per heavy atom. The van der Waals surface area contributed by atoms with E-state index < -0.39 is 10.0 Å². The first-order valence-electron chi connectivity index (χ1n) is 9.27. The van der Waals surface area contributed by atoms with Gasteiger partial charge in [-0.3, -0.25) is 4.90 Å². The standard InChI is InChI=1S/C20H24N4O3S/c1-15-3-6-17(7-4-15)28(25,26)24-11-9-23(10-12-24)14-20-21-18-8-5-16(27-2)13-19(18)22-20/h3-8,13H,9-12,14H2,1-2H3,(H,21,22). The second-order valence-corrected chi connectivity index (χ2v) is 9.00. The highest BCUT2D eigenvalue weighted by Crippen LogP contribution is 2.21. The molecule has 1 fully saturated rings. The van der Waals surface area contributed by atoms with Crippen molar-refractivity contribution in [3.63, 3.8) is 0 Å². The van der Waals surface area contributed by atoms with Gasteiger partial charge in [0.1, 0.15) is 11.6 Å². The molecule has 1 aromatic heterocycles. The molecule has 0 atom stereocenters. The van der Waals surface area contributed by atoms with Gasteiger partial charge < -0.3 is 9.72 Å². The summed E-state index contributed by atoms with van der Waals surface area (Å²) in [5.41, 5.74) is 2.89. The molecule has 1 saturated heterocycles. The molecule has 0 amide bonds. The van der Waals surface area contributed by atoms with Gasteiger partial charge in [0.2, 0.25) is 10.0 Å². The molecule has 1 aliphatic rings. The van der Waals surface area contributed by atoms with Gasteiger partial charge in [-0.05, 0) is 31.2 Å². The van der Waals surface area contributed by atoms with Crippen molar-refractivity contribution in [2.75, 3.05) is 33.3 Å². The van der Waals surface area contributed by atoms with E-state index in [4.69, 9.17) is 4.74 Å². The number of aryl methyl sites for hydroxylation is 1. The molecule has 0 unspecified atom stereocenters. The summed E-state index contributed by atoms with van der Waals surface area (Å²) in [5, 5.41) is 0. The van der Waals surface area contributed by atoms with Crippen LogP contribution < -0.4 is 4.74 Å². The van der Waals surface area contributed by atoms with Gasteiger partial charge in [0.15, 0.2) is 0 Å². The van der Waals surface area contributed by atoms with Crippen LogP contribution in [-0.4, -0.2) is 60.9 Å². The van der Waals surface area contributed by atoms with Crippen LogP contribution in [0.15, 0.2) is 47.4 Å². The Bertz CT molecular complexity index is 1070. The van der Waals surface area contributed by atoms with Gasteiger partial charge >= 0.3 is 0 Å². The Labute approximate surface area is 165 Å². The molecule has 1 aliphatic heterocycles. The lowest BCUT2D eigenvalue weighted by atomic mass is 10.2. The van der Waals surface area contributed by atoms with Crippen molar-refractivity contribution in [1.82, 2.24) is 19.2 Å². The number of benzene rings is 2. The maximum atomic E-state index is 12.8. The van der Waals surface area contributed by atoms with Crippen molar-refractivity contribution in [2.45, 2.75) is 18.4 Å². The largest absolute Gasteiger partial charge is 0.497 e. The van der Waals surface area contributed by atoms with E-state index in [9.17, 15) is 8.42 Å². The quantitative estimate of drug-likeness (QED) is 0.711. The third kappa shape index (κ3) is 3.76. The second-order valence-electron chi connectivity index (χ2n) is 7.06. The molecule has 1 N–H and O–H groups in total. The average Bonchev–Trinajstić information content (AvgIpc) is 3.10. The van der Waals surface area contributed by atoms with Gasteiger partial charge in [0, 0.05) is 32.2 Å². The van der Waals surface area contributed by atoms with E-state index in [1.54, 1.807) is 23.5 Å². The first kappa shape index (κ1) is 18.9. The van der Waals surface area contributed by atoms with E-state index in [0.717, 1.165) is 28.2 Å². The minimum atomic E-state index is -3.43. The molecule has 3 aromatic rings. The number of hydrogen-bond acceptors (Lipinski definition) is 5. The van der Waals surface area contributed by atoms with Crippen LogP contribution in [0.2, 0.25) is 0 Å². The van der Waals surface area contributed by atoms with Gasteiger partial charge in [-0.15, -0.1) is 0 Å². The van der Waals surface area contributed by atoms with Gasteiger partial charge in [0.05, 0.1) is 29.6 Å². The summed E-state index contributed by atoms with van der Waals surface area (Å²) in [7, 11) is -1.79. The van der Waals surface area contributed by atoms with Crippen molar-refractivity contribution in [1.29, 1.82) is 0 Å². The zero-order valence-electron chi connectivity index (χ0n) is 16.1. The third-order valence-corrected chi connectivity index (χ3v) is 7.01. The number of methoxy groups -OCH3 is 1. The Morgan fingerprint density at radius 2 is 1.79 bits per heavy atom. The highest BCUT2D eigenvalue weighted by molar-refractivity contribution is 7.89. The molecule has 4 rings (SSSR count). The van der Waals surface area contributed by atoms with Crippen LogP contribution in [0.25, 0.3) is 11.0 Å². The Kier molecular flexibility index (Phi) is 5.09. The summed E-state index contributed by atoms with van der Waals surface area (Å²) in [6, 6.07) is 12.8. The molecular formula is C20H24N4O3S. The Balaban J connectivity index is 1.41. The van der Waals surface area contributed by atoms with Crippen molar-refractivity contribution in [3.8, 4) is 5.75 Å². The summed E-state index contributed by atoms with van der Waals surface area (Å²) in [4.78, 5) is 10.5. The summed E-state index contributed by atoms with van der Waals surface area (Å²) in [6.07, 6.45) is 0. The van der Waals surface area contributed by atoms with E-state index in [2.05, 4.69) is 14.9 Å². The smallest absolute Gasteiger partial charge is 0.243 e. The van der Waals surface area contributed by atoms with Crippen LogP contribution in [0.4, 0.5) is 0 Å². The topological polar surface area (TPSA) is 78.5 Å². The number of aromatic amines is 1. The molecule has 0 saturated carbocycles. The summed E-state index contributed by atoms with van der Waals surface area (Å²) < 4.78 is 32.5. The minimum absolute atomic E-state index is 0.359. The number of imidazole rings is 1. The first-order chi connectivity index (χ1) is 13.5. The number of nitrogens with zero attached hydrogens (tertiary/aromatic N) is 3. The fourth-order valence-electron chi connectivity index (χ4n) is 3.44. The van der Waals surface area contributed by atoms with Crippen molar-refractivity contribution >= 4 is 21.1 Å². The SMILES string of the molecule is COc1ccc2nc(CN3CCN(S(=O)(=O)c4ccc(C)cc4)CC3)[nH]c2c1. The summed E-state index contributed by atoms with van der Waals surface area (Å²) >= 11 is 0. The number of fused-ring (bicyclic) bond motifs is 1. The van der Waals surface area contributed by atoms with Gasteiger partial charge in [-0.2, -0.15) is 4.31 Å². The third-order valence-electron chi connectivity index (χ3n) is 5.10. The van der Waals surface area contributed by atoms with Gasteiger partial charge in [-0.25, -0.2) is 13.4 Å². The average molecular weight is 401 g/mol. The Hall–Kier alpha value is -2.42. The number of H-pyrrole nitrogens is 1. The normalized spacial score (nSPS) is 16.5. The van der Waals surface area contributed by atoms with Crippen molar-refractivity contribution in [2.24, 2.45) is 0 Å². The lowest BCUT2D eigenvalue weighted by molar-refractivity contribution is 0.178. The molecule has 2 heterocycles. The molecule has 8 heteroatoms. The summed E-state index contributed by atoms with van der Waals surface area (Å²) in [5.74, 6) is 1.66. The van der Waals surface area contributed by atoms with Gasteiger partial charge in [0.25, 0.3) is 0 Å². The zero-order chi connectivity index (χ0) is 19.7. The highest BCUT2D eigenvalue weighted by Gasteiger charge is 2.28. The van der Waals surface area contributed by atoms with E-state index in [-0.39, 0.29) is 0 Å². The van der Waals surface area contributed by atoms with Crippen LogP contribution in [0, 0.1) is 6.92 Å². The van der Waals surface area contributed by atoms with Crippen LogP contribution in [0.3, 0.4) is 0 Å². The zero-order valence-corrected chi connectivity index (χ0v) is 16.9. The molecule has 7 nitrogen and oxygen atoms in total. The fraction of sp³-hybridized carbons (Fsp3) is 0.350. The number of piperazine rings is 1. The monoisotopic (exact) mass is 400 g/mol. The first-order valence-corrected chi connectivity index (χ1v) is 10.7. The predicted octanol–water partition coefficient (Wildman–Crippen LogP) is 2.39. The molecule has 0 bridgehead atoms. The van der Waals surface area contributed by atoms with Crippen LogP contribution >= 0.6 is 0 Å². The van der Waals surface area contributed by atoms with Crippen molar-refractivity contribution < 1.29 is 13.2 Å². The number of ether oxygens (including phenoxy) is 1. The molecule has 28 heavy (non-hydrogen) atoms. The van der Waals surface area contributed by atoms with Crippen molar-refractivity contribution in [3.05, 3.63) is 53.9 Å². The lowest BCUT2D eigenvalue weighted by Gasteiger charge is -2.33. The second kappa shape index (κ2) is 7.54. The lowest BCUT2D eigenvalue weighted by Crippen LogP contribution is -2.48. The molecular weight excluding hydrogens is 376 g/mol. The van der Waals surface area contributed by atoms with E-state index in [1.807, 2.05) is 37.3 Å². The molecule has 0 radical (unpaired) electrons. The molecule has 0 aliphatic carbocycles. The minimum Gasteiger partial charge on any atom is -0.497 e. The van der Waals surface area contributed by atoms with Gasteiger partial charge in [-0.1, -0.05) is 17.7 Å². The molecule has 148 valence electrons. The predicted molar refractivity (Wildman–Crippen MR) is 108 cm³/mol. The maximum Gasteiger partial charge on any atom is 0.243 e. The number of hydrogen-bond donors (Lipinski definition) is 1. The number of sulfonamides is 1. The highest BCUT2D eigenvalue weighted by atomic mass is 32.2.